The highest BCUT2D eigenvalue weighted by Crippen LogP contribution is 2.40. The number of carbonyl (C=O) groups is 1. The fourth-order valence-corrected chi connectivity index (χ4v) is 6.38. The van der Waals surface area contributed by atoms with Crippen LogP contribution in [0.25, 0.3) is 11.1 Å². The number of likely N-dealkylation sites (tertiary alicyclic amines) is 1. The minimum atomic E-state index is -1.26. The first-order valence-electron chi connectivity index (χ1n) is 16.6. The maximum absolute atomic E-state index is 14.8. The van der Waals surface area contributed by atoms with Gasteiger partial charge < -0.3 is 34.1 Å². The molecule has 1 amide bonds. The standard InChI is InChI=1S/C38H50N2O7/c1-38(2,3)47-37(43)39-24-33(35(34(41)25-39)29-14-9-13-28(21-29)27-11-7-6-8-12-27)36(42)40(30-15-16-30)23-26-19-31(45-5)22-32(20-26)46-18-10-17-44-4/h6-9,11-14,19-22,30,33-35,37,41,43H,10,15-18,23-25H2,1-5H3/t33-,34+,35+,37?/m0/s1. The first-order chi connectivity index (χ1) is 22.6. The second-order valence-electron chi connectivity index (χ2n) is 13.6. The molecule has 1 unspecified atom stereocenters. The van der Waals surface area contributed by atoms with Gasteiger partial charge in [-0.15, -0.1) is 0 Å². The summed E-state index contributed by atoms with van der Waals surface area (Å²) in [5.74, 6) is 0.176. The van der Waals surface area contributed by atoms with Crippen LogP contribution in [-0.2, 0) is 20.8 Å². The van der Waals surface area contributed by atoms with Gasteiger partial charge in [-0.05, 0) is 68.0 Å². The molecule has 3 aromatic rings. The highest BCUT2D eigenvalue weighted by Gasteiger charge is 2.46. The fraction of sp³-hybridized carbons (Fsp3) is 0.500. The van der Waals surface area contributed by atoms with E-state index in [2.05, 4.69) is 18.2 Å². The summed E-state index contributed by atoms with van der Waals surface area (Å²) in [4.78, 5) is 18.4. The largest absolute Gasteiger partial charge is 0.497 e. The Kier molecular flexibility index (Phi) is 11.6. The third-order valence-electron chi connectivity index (χ3n) is 8.73. The number of amides is 1. The maximum atomic E-state index is 14.8. The number of carbonyl (C=O) groups excluding carboxylic acids is 1. The van der Waals surface area contributed by atoms with Crippen molar-refractivity contribution in [1.29, 1.82) is 0 Å². The van der Waals surface area contributed by atoms with Gasteiger partial charge in [0.1, 0.15) is 11.5 Å². The van der Waals surface area contributed by atoms with Crippen LogP contribution in [0.3, 0.4) is 0 Å². The average molecular weight is 647 g/mol. The van der Waals surface area contributed by atoms with E-state index in [-0.39, 0.29) is 25.0 Å². The van der Waals surface area contributed by atoms with Crippen LogP contribution in [-0.4, -0.2) is 90.6 Å². The van der Waals surface area contributed by atoms with Gasteiger partial charge in [0.05, 0.1) is 31.3 Å². The lowest BCUT2D eigenvalue weighted by molar-refractivity contribution is -0.252. The van der Waals surface area contributed by atoms with E-state index < -0.39 is 30.0 Å². The second kappa shape index (κ2) is 15.6. The Morgan fingerprint density at radius 3 is 2.34 bits per heavy atom. The van der Waals surface area contributed by atoms with E-state index in [1.54, 1.807) is 19.1 Å². The van der Waals surface area contributed by atoms with Crippen LogP contribution in [0, 0.1) is 5.92 Å². The molecule has 1 saturated heterocycles. The number of rotatable bonds is 14. The van der Waals surface area contributed by atoms with Crippen LogP contribution in [0.15, 0.2) is 72.8 Å². The molecular formula is C38H50N2O7. The molecular weight excluding hydrogens is 596 g/mol. The summed E-state index contributed by atoms with van der Waals surface area (Å²) in [5, 5.41) is 22.8. The van der Waals surface area contributed by atoms with Crippen molar-refractivity contribution in [3.05, 3.63) is 83.9 Å². The molecule has 2 fully saturated rings. The van der Waals surface area contributed by atoms with Crippen molar-refractivity contribution in [2.75, 3.05) is 40.5 Å². The van der Waals surface area contributed by atoms with Crippen LogP contribution < -0.4 is 9.47 Å². The van der Waals surface area contributed by atoms with Gasteiger partial charge in [0.25, 0.3) is 0 Å². The topological polar surface area (TPSA) is 101 Å². The van der Waals surface area contributed by atoms with Crippen molar-refractivity contribution in [3.8, 4) is 22.6 Å². The number of piperidine rings is 1. The van der Waals surface area contributed by atoms with Crippen LogP contribution >= 0.6 is 0 Å². The minimum absolute atomic E-state index is 0.0558. The molecule has 9 nitrogen and oxygen atoms in total. The Hall–Kier alpha value is -3.47. The second-order valence-corrected chi connectivity index (χ2v) is 13.6. The Labute approximate surface area is 279 Å². The molecule has 3 aromatic carbocycles. The van der Waals surface area contributed by atoms with Gasteiger partial charge in [0.2, 0.25) is 12.3 Å². The summed E-state index contributed by atoms with van der Waals surface area (Å²) in [6.45, 7) is 7.51. The highest BCUT2D eigenvalue weighted by molar-refractivity contribution is 5.81. The summed E-state index contributed by atoms with van der Waals surface area (Å²) in [6.07, 6.45) is 0.417. The third-order valence-corrected chi connectivity index (χ3v) is 8.73. The highest BCUT2D eigenvalue weighted by atomic mass is 16.6. The lowest BCUT2D eigenvalue weighted by Crippen LogP contribution is -2.57. The molecule has 0 spiro atoms. The van der Waals surface area contributed by atoms with Gasteiger partial charge in [-0.1, -0.05) is 54.6 Å². The van der Waals surface area contributed by atoms with Gasteiger partial charge in [-0.25, -0.2) is 0 Å². The number of hydrogen-bond donors (Lipinski definition) is 2. The van der Waals surface area contributed by atoms with Crippen molar-refractivity contribution in [2.45, 2.75) is 76.7 Å². The van der Waals surface area contributed by atoms with Gasteiger partial charge in [-0.2, -0.15) is 0 Å². The first-order valence-corrected chi connectivity index (χ1v) is 16.6. The molecule has 47 heavy (non-hydrogen) atoms. The molecule has 1 saturated carbocycles. The van der Waals surface area contributed by atoms with E-state index in [0.29, 0.717) is 31.3 Å². The smallest absolute Gasteiger partial charge is 0.228 e. The number of nitrogens with zero attached hydrogens (tertiary/aromatic N) is 2. The zero-order valence-electron chi connectivity index (χ0n) is 28.3. The van der Waals surface area contributed by atoms with Gasteiger partial charge >= 0.3 is 0 Å². The van der Waals surface area contributed by atoms with E-state index in [4.69, 9.17) is 18.9 Å². The Balaban J connectivity index is 1.46. The molecule has 1 heterocycles. The molecule has 2 N–H and O–H groups in total. The third kappa shape index (κ3) is 9.33. The number of hydrogen-bond acceptors (Lipinski definition) is 8. The van der Waals surface area contributed by atoms with Crippen LogP contribution in [0.4, 0.5) is 0 Å². The molecule has 0 bridgehead atoms. The van der Waals surface area contributed by atoms with Gasteiger partial charge in [0.15, 0.2) is 0 Å². The van der Waals surface area contributed by atoms with Crippen molar-refractivity contribution in [1.82, 2.24) is 9.80 Å². The van der Waals surface area contributed by atoms with Crippen molar-refractivity contribution >= 4 is 5.91 Å². The minimum Gasteiger partial charge on any atom is -0.497 e. The zero-order chi connectivity index (χ0) is 33.6. The Morgan fingerprint density at radius 1 is 0.936 bits per heavy atom. The average Bonchev–Trinajstić information content (AvgIpc) is 3.90. The van der Waals surface area contributed by atoms with E-state index in [0.717, 1.165) is 41.5 Å². The summed E-state index contributed by atoms with van der Waals surface area (Å²) >= 11 is 0. The number of ether oxygens (including phenoxy) is 4. The molecule has 254 valence electrons. The molecule has 0 aromatic heterocycles. The number of benzene rings is 3. The molecule has 2 aliphatic rings. The SMILES string of the molecule is COCCCOc1cc(CN(C(=O)[C@H]2CN(C(O)OC(C)(C)C)C[C@@H](O)[C@@H]2c2cccc(-c3ccccc3)c2)C2CC2)cc(OC)c1. The Morgan fingerprint density at radius 2 is 1.66 bits per heavy atom. The molecule has 1 aliphatic heterocycles. The van der Waals surface area contributed by atoms with Crippen molar-refractivity contribution < 1.29 is 34.0 Å². The number of aliphatic hydroxyl groups excluding tert-OH is 2. The summed E-state index contributed by atoms with van der Waals surface area (Å²) in [7, 11) is 3.29. The summed E-state index contributed by atoms with van der Waals surface area (Å²) in [6, 6.07) is 24.0. The molecule has 9 heteroatoms. The van der Waals surface area contributed by atoms with Crippen molar-refractivity contribution in [3.63, 3.8) is 0 Å². The van der Waals surface area contributed by atoms with E-state index in [1.807, 2.05) is 80.3 Å². The Bertz CT molecular complexity index is 1460. The van der Waals surface area contributed by atoms with Crippen LogP contribution in [0.5, 0.6) is 11.5 Å². The van der Waals surface area contributed by atoms with E-state index in [1.165, 1.54) is 0 Å². The molecule has 1 aliphatic carbocycles. The number of methoxy groups -OCH3 is 2. The lowest BCUT2D eigenvalue weighted by Gasteiger charge is -2.45. The first kappa shape index (κ1) is 34.9. The van der Waals surface area contributed by atoms with E-state index >= 15 is 0 Å². The lowest BCUT2D eigenvalue weighted by atomic mass is 9.77. The summed E-state index contributed by atoms with van der Waals surface area (Å²) in [5.41, 5.74) is 3.27. The quantitative estimate of drug-likeness (QED) is 0.177. The van der Waals surface area contributed by atoms with Crippen LogP contribution in [0.1, 0.15) is 57.1 Å². The van der Waals surface area contributed by atoms with Crippen molar-refractivity contribution in [2.24, 2.45) is 5.92 Å². The molecule has 0 radical (unpaired) electrons. The zero-order valence-corrected chi connectivity index (χ0v) is 28.3. The predicted molar refractivity (Wildman–Crippen MR) is 181 cm³/mol. The monoisotopic (exact) mass is 646 g/mol. The van der Waals surface area contributed by atoms with Crippen LogP contribution in [0.2, 0.25) is 0 Å². The summed E-state index contributed by atoms with van der Waals surface area (Å²) < 4.78 is 22.6. The number of β-amino-alcohol motifs (C(OH)–C–C–N with tert-alkyl or cyclic N) is 1. The van der Waals surface area contributed by atoms with E-state index in [9.17, 15) is 15.0 Å². The molecule has 4 atom stereocenters. The predicted octanol–water partition coefficient (Wildman–Crippen LogP) is 5.44. The normalized spacial score (nSPS) is 20.9. The maximum Gasteiger partial charge on any atom is 0.228 e. The fourth-order valence-electron chi connectivity index (χ4n) is 6.38. The van der Waals surface area contributed by atoms with Gasteiger partial charge in [0, 0.05) is 57.8 Å². The van der Waals surface area contributed by atoms with Gasteiger partial charge in [-0.3, -0.25) is 9.69 Å². The number of aliphatic hydroxyl groups is 2. The molecule has 5 rings (SSSR count).